The van der Waals surface area contributed by atoms with Crippen molar-refractivity contribution in [3.63, 3.8) is 0 Å². The van der Waals surface area contributed by atoms with Crippen LogP contribution in [0.4, 0.5) is 0 Å². The third kappa shape index (κ3) is 3.57. The van der Waals surface area contributed by atoms with Crippen molar-refractivity contribution in [1.29, 1.82) is 0 Å². The van der Waals surface area contributed by atoms with Crippen LogP contribution >= 0.6 is 0 Å². The molecule has 0 N–H and O–H groups in total. The van der Waals surface area contributed by atoms with E-state index in [2.05, 4.69) is 66.7 Å². The third-order valence-electron chi connectivity index (χ3n) is 7.31. The normalized spacial score (nSPS) is 11.6. The van der Waals surface area contributed by atoms with E-state index in [1.165, 1.54) is 10.8 Å². The summed E-state index contributed by atoms with van der Waals surface area (Å²) in [4.78, 5) is 15.1. The number of fused-ring (bicyclic) bond motifs is 6. The maximum Gasteiger partial charge on any atom is 0.164 e. The average Bonchev–Trinajstić information content (AvgIpc) is 3.39. The fourth-order valence-corrected chi connectivity index (χ4v) is 5.45. The zero-order chi connectivity index (χ0) is 25.8. The topological polar surface area (TPSA) is 51.8 Å². The van der Waals surface area contributed by atoms with Crippen molar-refractivity contribution in [3.05, 3.63) is 127 Å². The van der Waals surface area contributed by atoms with Crippen LogP contribution in [0.5, 0.6) is 0 Å². The highest BCUT2D eigenvalue weighted by atomic mass is 16.3. The van der Waals surface area contributed by atoms with Gasteiger partial charge in [-0.3, -0.25) is 0 Å². The quantitative estimate of drug-likeness (QED) is 0.228. The van der Waals surface area contributed by atoms with Gasteiger partial charge in [-0.15, -0.1) is 0 Å². The molecule has 8 aromatic rings. The first-order valence-corrected chi connectivity index (χ1v) is 13.0. The van der Waals surface area contributed by atoms with Crippen LogP contribution in [0, 0.1) is 0 Å². The number of aromatic nitrogens is 3. The van der Waals surface area contributed by atoms with Crippen molar-refractivity contribution in [2.24, 2.45) is 0 Å². The van der Waals surface area contributed by atoms with Gasteiger partial charge < -0.3 is 4.42 Å². The predicted molar refractivity (Wildman–Crippen MR) is 158 cm³/mol. The Labute approximate surface area is 224 Å². The monoisotopic (exact) mass is 499 g/mol. The van der Waals surface area contributed by atoms with Crippen LogP contribution in [-0.2, 0) is 0 Å². The van der Waals surface area contributed by atoms with Crippen LogP contribution in [0.1, 0.15) is 0 Å². The first-order valence-electron chi connectivity index (χ1n) is 13.0. The zero-order valence-corrected chi connectivity index (χ0v) is 20.9. The van der Waals surface area contributed by atoms with Gasteiger partial charge in [-0.05, 0) is 51.9 Å². The lowest BCUT2D eigenvalue weighted by Gasteiger charge is -2.12. The van der Waals surface area contributed by atoms with Crippen LogP contribution in [0.3, 0.4) is 0 Å². The van der Waals surface area contributed by atoms with Gasteiger partial charge in [0.15, 0.2) is 17.5 Å². The minimum atomic E-state index is 0.628. The van der Waals surface area contributed by atoms with E-state index in [4.69, 9.17) is 19.4 Å². The fourth-order valence-electron chi connectivity index (χ4n) is 5.45. The summed E-state index contributed by atoms with van der Waals surface area (Å²) in [6.45, 7) is 0. The minimum Gasteiger partial charge on any atom is -0.456 e. The van der Waals surface area contributed by atoms with Crippen molar-refractivity contribution >= 4 is 43.5 Å². The van der Waals surface area contributed by atoms with Crippen LogP contribution in [0.2, 0.25) is 0 Å². The second kappa shape index (κ2) is 8.61. The Morgan fingerprint density at radius 3 is 1.85 bits per heavy atom. The molecule has 0 saturated heterocycles. The lowest BCUT2D eigenvalue weighted by Crippen LogP contribution is -2.00. The molecule has 0 amide bonds. The molecule has 2 heterocycles. The molecule has 0 aliphatic heterocycles. The third-order valence-corrected chi connectivity index (χ3v) is 7.31. The number of rotatable bonds is 3. The van der Waals surface area contributed by atoms with E-state index < -0.39 is 0 Å². The van der Waals surface area contributed by atoms with E-state index in [0.717, 1.165) is 49.4 Å². The van der Waals surface area contributed by atoms with Crippen LogP contribution in [0.15, 0.2) is 132 Å². The Morgan fingerprint density at radius 1 is 0.385 bits per heavy atom. The lowest BCUT2D eigenvalue weighted by atomic mass is 9.97. The van der Waals surface area contributed by atoms with E-state index >= 15 is 0 Å². The van der Waals surface area contributed by atoms with Crippen LogP contribution in [0.25, 0.3) is 77.6 Å². The average molecular weight is 500 g/mol. The molecule has 39 heavy (non-hydrogen) atoms. The first kappa shape index (κ1) is 21.7. The molecule has 0 aliphatic rings. The van der Waals surface area contributed by atoms with Gasteiger partial charge in [0.25, 0.3) is 0 Å². The largest absolute Gasteiger partial charge is 0.456 e. The molecule has 0 fully saturated rings. The molecule has 8 rings (SSSR count). The molecule has 0 spiro atoms. The summed E-state index contributed by atoms with van der Waals surface area (Å²) >= 11 is 0. The fraction of sp³-hybridized carbons (Fsp3) is 0. The molecule has 0 aliphatic carbocycles. The molecule has 6 aromatic carbocycles. The van der Waals surface area contributed by atoms with E-state index in [1.54, 1.807) is 0 Å². The lowest BCUT2D eigenvalue weighted by molar-refractivity contribution is 0.669. The van der Waals surface area contributed by atoms with Gasteiger partial charge >= 0.3 is 0 Å². The second-order valence-electron chi connectivity index (χ2n) is 9.67. The van der Waals surface area contributed by atoms with Gasteiger partial charge in [-0.2, -0.15) is 0 Å². The molecule has 0 atom stereocenters. The Morgan fingerprint density at radius 2 is 1.00 bits per heavy atom. The Kier molecular flexibility index (Phi) is 4.79. The number of para-hydroxylation sites is 1. The van der Waals surface area contributed by atoms with Crippen molar-refractivity contribution in [2.45, 2.75) is 0 Å². The number of furan rings is 1. The van der Waals surface area contributed by atoms with E-state index in [-0.39, 0.29) is 0 Å². The highest BCUT2D eigenvalue weighted by Gasteiger charge is 2.17. The maximum absolute atomic E-state index is 6.07. The molecular formula is C35H21N3O. The van der Waals surface area contributed by atoms with Gasteiger partial charge in [0.2, 0.25) is 0 Å². The minimum absolute atomic E-state index is 0.628. The molecular weight excluding hydrogens is 478 g/mol. The predicted octanol–water partition coefficient (Wildman–Crippen LogP) is 9.08. The van der Waals surface area contributed by atoms with Gasteiger partial charge in [0, 0.05) is 27.5 Å². The number of benzene rings is 6. The van der Waals surface area contributed by atoms with Crippen molar-refractivity contribution in [1.82, 2.24) is 15.0 Å². The Balaban J connectivity index is 1.41. The van der Waals surface area contributed by atoms with Crippen LogP contribution < -0.4 is 0 Å². The SMILES string of the molecule is c1ccc(-c2nc(-c3ccc4oc5ccccc5c4c3)nc(-c3cc4ccccc4c4ccccc34)n2)cc1. The second-order valence-corrected chi connectivity index (χ2v) is 9.67. The first-order chi connectivity index (χ1) is 19.3. The van der Waals surface area contributed by atoms with Gasteiger partial charge in [0.05, 0.1) is 0 Å². The number of nitrogens with zero attached hydrogens (tertiary/aromatic N) is 3. The Hall–Kier alpha value is -5.35. The molecule has 0 saturated carbocycles. The molecule has 0 unspecified atom stereocenters. The summed E-state index contributed by atoms with van der Waals surface area (Å²) < 4.78 is 6.07. The molecule has 0 bridgehead atoms. The smallest absolute Gasteiger partial charge is 0.164 e. The van der Waals surface area contributed by atoms with Gasteiger partial charge in [0.1, 0.15) is 11.2 Å². The molecule has 4 nitrogen and oxygen atoms in total. The van der Waals surface area contributed by atoms with E-state index in [9.17, 15) is 0 Å². The highest BCUT2D eigenvalue weighted by Crippen LogP contribution is 2.36. The molecule has 182 valence electrons. The van der Waals surface area contributed by atoms with Gasteiger partial charge in [-0.1, -0.05) is 97.1 Å². The molecule has 0 radical (unpaired) electrons. The molecule has 2 aromatic heterocycles. The van der Waals surface area contributed by atoms with Gasteiger partial charge in [-0.25, -0.2) is 15.0 Å². The summed E-state index contributed by atoms with van der Waals surface area (Å²) in [6, 6.07) is 43.4. The van der Waals surface area contributed by atoms with E-state index in [0.29, 0.717) is 17.5 Å². The van der Waals surface area contributed by atoms with Crippen molar-refractivity contribution < 1.29 is 4.42 Å². The standard InChI is InChI=1S/C35H21N3O/c1-2-10-22(11-3-1)33-36-34(24-18-19-32-29(21-24)28-16-8-9-17-31(28)39-32)38-35(37-33)30-20-23-12-4-5-13-25(23)26-14-6-7-15-27(26)30/h1-21H. The maximum atomic E-state index is 6.07. The van der Waals surface area contributed by atoms with E-state index in [1.807, 2.05) is 60.7 Å². The zero-order valence-electron chi connectivity index (χ0n) is 20.9. The highest BCUT2D eigenvalue weighted by molar-refractivity contribution is 6.13. The number of hydrogen-bond acceptors (Lipinski definition) is 4. The summed E-state index contributed by atoms with van der Waals surface area (Å²) in [7, 11) is 0. The summed E-state index contributed by atoms with van der Waals surface area (Å²) in [5, 5.41) is 6.78. The Bertz CT molecular complexity index is 2180. The summed E-state index contributed by atoms with van der Waals surface area (Å²) in [6.07, 6.45) is 0. The number of hydrogen-bond donors (Lipinski definition) is 0. The van der Waals surface area contributed by atoms with Crippen LogP contribution in [-0.4, -0.2) is 15.0 Å². The molecule has 4 heteroatoms. The summed E-state index contributed by atoms with van der Waals surface area (Å²) in [5.74, 6) is 1.92. The summed E-state index contributed by atoms with van der Waals surface area (Å²) in [5.41, 5.74) is 4.56. The van der Waals surface area contributed by atoms with Crippen molar-refractivity contribution in [2.75, 3.05) is 0 Å². The van der Waals surface area contributed by atoms with Crippen molar-refractivity contribution in [3.8, 4) is 34.2 Å².